The predicted molar refractivity (Wildman–Crippen MR) is 118 cm³/mol. The van der Waals surface area contributed by atoms with E-state index in [1.165, 1.54) is 23.1 Å². The van der Waals surface area contributed by atoms with Gasteiger partial charge in [0, 0.05) is 26.2 Å². The van der Waals surface area contributed by atoms with Gasteiger partial charge in [0.05, 0.1) is 22.7 Å². The number of hydrogen-bond acceptors (Lipinski definition) is 7. The van der Waals surface area contributed by atoms with Crippen molar-refractivity contribution in [3.63, 3.8) is 0 Å². The number of carbonyl (C=O) groups is 2. The molecule has 2 heterocycles. The first kappa shape index (κ1) is 20.7. The third kappa shape index (κ3) is 4.61. The number of aliphatic imine (C=N–C) groups is 1. The zero-order chi connectivity index (χ0) is 21.8. The summed E-state index contributed by atoms with van der Waals surface area (Å²) in [4.78, 5) is 35.9. The molecule has 3 aromatic rings. The molecule has 0 fully saturated rings. The van der Waals surface area contributed by atoms with Gasteiger partial charge in [-0.25, -0.2) is 9.98 Å². The molecule has 1 aliphatic rings. The van der Waals surface area contributed by atoms with Crippen LogP contribution in [0.15, 0.2) is 75.3 Å². The molecule has 0 bridgehead atoms. The lowest BCUT2D eigenvalue weighted by Crippen LogP contribution is -2.40. The number of carbonyl (C=O) groups excluding carboxylic acids is 2. The van der Waals surface area contributed by atoms with Gasteiger partial charge in [-0.1, -0.05) is 30.3 Å². The Morgan fingerprint density at radius 2 is 2.00 bits per heavy atom. The number of hydrogen-bond donors (Lipinski definition) is 2. The molecular weight excluding hydrogens is 414 g/mol. The maximum Gasteiger partial charge on any atom is 0.287 e. The fourth-order valence-electron chi connectivity index (χ4n) is 3.14. The molecule has 9 heteroatoms. The van der Waals surface area contributed by atoms with Crippen LogP contribution in [0.25, 0.3) is 0 Å². The van der Waals surface area contributed by atoms with Gasteiger partial charge in [-0.2, -0.15) is 0 Å². The van der Waals surface area contributed by atoms with Crippen LogP contribution in [-0.2, 0) is 4.79 Å². The average Bonchev–Trinajstić information content (AvgIpc) is 3.33. The summed E-state index contributed by atoms with van der Waals surface area (Å²) in [6, 6.07) is 15.0. The minimum absolute atomic E-state index is 0.0885. The van der Waals surface area contributed by atoms with Gasteiger partial charge in [0.2, 0.25) is 11.7 Å². The van der Waals surface area contributed by atoms with E-state index in [0.717, 1.165) is 10.5 Å². The van der Waals surface area contributed by atoms with Crippen LogP contribution in [0.3, 0.4) is 0 Å². The van der Waals surface area contributed by atoms with Gasteiger partial charge in [0.15, 0.2) is 0 Å². The number of fused-ring (bicyclic) bond motifs is 1. The van der Waals surface area contributed by atoms with E-state index in [-0.39, 0.29) is 23.6 Å². The van der Waals surface area contributed by atoms with Gasteiger partial charge in [0.1, 0.15) is 6.26 Å². The van der Waals surface area contributed by atoms with Crippen molar-refractivity contribution in [1.29, 1.82) is 0 Å². The van der Waals surface area contributed by atoms with Crippen LogP contribution in [0.4, 0.5) is 5.69 Å². The molecule has 1 aromatic heterocycles. The number of aromatic nitrogens is 1. The van der Waals surface area contributed by atoms with E-state index in [0.29, 0.717) is 23.7 Å². The number of oxazole rings is 1. The van der Waals surface area contributed by atoms with E-state index < -0.39 is 0 Å². The molecule has 2 amide bonds. The molecule has 0 radical (unpaired) electrons. The highest BCUT2D eigenvalue weighted by atomic mass is 32.2. The summed E-state index contributed by atoms with van der Waals surface area (Å²) in [6.07, 6.45) is 3.10. The van der Waals surface area contributed by atoms with Crippen LogP contribution in [0.1, 0.15) is 27.7 Å². The van der Waals surface area contributed by atoms with E-state index in [1.54, 1.807) is 38.5 Å². The SMILES string of the molecule is CN(C)C(=O)c1ccc2c(c1)SNC(C(=O)NCC(c1ccccc1)c1ncco1)=N2. The highest BCUT2D eigenvalue weighted by Crippen LogP contribution is 2.32. The summed E-state index contributed by atoms with van der Waals surface area (Å²) >= 11 is 1.25. The lowest BCUT2D eigenvalue weighted by atomic mass is 9.99. The van der Waals surface area contributed by atoms with Crippen molar-refractivity contribution in [3.8, 4) is 0 Å². The number of nitrogens with zero attached hydrogens (tertiary/aromatic N) is 3. The molecular formula is C22H21N5O3S. The second kappa shape index (κ2) is 9.05. The third-order valence-corrected chi connectivity index (χ3v) is 5.58. The first-order chi connectivity index (χ1) is 15.0. The lowest BCUT2D eigenvalue weighted by Gasteiger charge is -2.19. The van der Waals surface area contributed by atoms with Crippen LogP contribution in [0.2, 0.25) is 0 Å². The predicted octanol–water partition coefficient (Wildman–Crippen LogP) is 2.97. The fraction of sp³-hybridized carbons (Fsp3) is 0.182. The molecule has 2 N–H and O–H groups in total. The number of amidine groups is 1. The second-order valence-corrected chi connectivity index (χ2v) is 7.94. The summed E-state index contributed by atoms with van der Waals surface area (Å²) < 4.78 is 8.44. The van der Waals surface area contributed by atoms with Crippen LogP contribution < -0.4 is 10.0 Å². The van der Waals surface area contributed by atoms with E-state index in [9.17, 15) is 9.59 Å². The summed E-state index contributed by atoms with van der Waals surface area (Å²) in [5.41, 5.74) is 2.19. The smallest absolute Gasteiger partial charge is 0.287 e. The highest BCUT2D eigenvalue weighted by Gasteiger charge is 2.23. The largest absolute Gasteiger partial charge is 0.448 e. The Morgan fingerprint density at radius 1 is 1.19 bits per heavy atom. The Labute approximate surface area is 183 Å². The lowest BCUT2D eigenvalue weighted by molar-refractivity contribution is -0.115. The summed E-state index contributed by atoms with van der Waals surface area (Å²) in [5.74, 6) is 0.0867. The average molecular weight is 436 g/mol. The maximum atomic E-state index is 12.7. The topological polar surface area (TPSA) is 99.8 Å². The van der Waals surface area contributed by atoms with Gasteiger partial charge in [-0.05, 0) is 35.7 Å². The van der Waals surface area contributed by atoms with Crippen molar-refractivity contribution < 1.29 is 14.0 Å². The maximum absolute atomic E-state index is 12.7. The van der Waals surface area contributed by atoms with Crippen molar-refractivity contribution in [2.45, 2.75) is 10.8 Å². The Hall–Kier alpha value is -3.59. The van der Waals surface area contributed by atoms with Gasteiger partial charge < -0.3 is 19.4 Å². The second-order valence-electron chi connectivity index (χ2n) is 7.09. The number of nitrogens with one attached hydrogen (secondary N) is 2. The monoisotopic (exact) mass is 435 g/mol. The Kier molecular flexibility index (Phi) is 6.03. The Balaban J connectivity index is 1.48. The van der Waals surface area contributed by atoms with Crippen LogP contribution >= 0.6 is 11.9 Å². The first-order valence-electron chi connectivity index (χ1n) is 9.62. The van der Waals surface area contributed by atoms with Gasteiger partial charge in [-0.15, -0.1) is 0 Å². The molecule has 1 aliphatic heterocycles. The quantitative estimate of drug-likeness (QED) is 0.578. The van der Waals surface area contributed by atoms with Gasteiger partial charge in [-0.3, -0.25) is 9.59 Å². The van der Waals surface area contributed by atoms with Gasteiger partial charge in [0.25, 0.3) is 11.8 Å². The minimum Gasteiger partial charge on any atom is -0.448 e. The normalized spacial score (nSPS) is 13.4. The van der Waals surface area contributed by atoms with Crippen LogP contribution in [-0.4, -0.2) is 48.2 Å². The molecule has 0 spiro atoms. The minimum atomic E-state index is -0.334. The molecule has 8 nitrogen and oxygen atoms in total. The summed E-state index contributed by atoms with van der Waals surface area (Å²) in [7, 11) is 3.41. The van der Waals surface area contributed by atoms with Crippen molar-refractivity contribution in [2.75, 3.05) is 20.6 Å². The number of rotatable bonds is 6. The molecule has 4 rings (SSSR count). The number of amides is 2. The third-order valence-electron chi connectivity index (χ3n) is 4.74. The van der Waals surface area contributed by atoms with E-state index in [2.05, 4.69) is 20.0 Å². The summed E-state index contributed by atoms with van der Waals surface area (Å²) in [6.45, 7) is 0.303. The molecule has 1 unspecified atom stereocenters. The van der Waals surface area contributed by atoms with Crippen molar-refractivity contribution in [2.24, 2.45) is 4.99 Å². The molecule has 2 aromatic carbocycles. The standard InChI is InChI=1S/C22H21N5O3S/c1-27(2)22(29)15-8-9-17-18(12-15)31-26-19(25-17)20(28)24-13-16(21-23-10-11-30-21)14-6-4-3-5-7-14/h3-12,16H,13H2,1-2H3,(H,24,28)(H,25,26). The molecule has 1 atom stereocenters. The van der Waals surface area contributed by atoms with Crippen molar-refractivity contribution >= 4 is 35.3 Å². The zero-order valence-corrected chi connectivity index (χ0v) is 17.8. The molecule has 158 valence electrons. The van der Waals surface area contributed by atoms with E-state index in [1.807, 2.05) is 30.3 Å². The Bertz CT molecular complexity index is 1110. The van der Waals surface area contributed by atoms with Gasteiger partial charge >= 0.3 is 0 Å². The van der Waals surface area contributed by atoms with Crippen molar-refractivity contribution in [3.05, 3.63) is 78.0 Å². The van der Waals surface area contributed by atoms with Crippen LogP contribution in [0.5, 0.6) is 0 Å². The molecule has 0 aliphatic carbocycles. The fourth-order valence-corrected chi connectivity index (χ4v) is 3.89. The Morgan fingerprint density at radius 3 is 2.71 bits per heavy atom. The van der Waals surface area contributed by atoms with Crippen LogP contribution in [0, 0.1) is 0 Å². The molecule has 0 saturated carbocycles. The number of benzene rings is 2. The summed E-state index contributed by atoms with van der Waals surface area (Å²) in [5, 5.41) is 2.91. The van der Waals surface area contributed by atoms with E-state index >= 15 is 0 Å². The van der Waals surface area contributed by atoms with E-state index in [4.69, 9.17) is 4.42 Å². The highest BCUT2D eigenvalue weighted by molar-refractivity contribution is 7.98. The molecule has 31 heavy (non-hydrogen) atoms. The molecule has 0 saturated heterocycles. The van der Waals surface area contributed by atoms with Crippen molar-refractivity contribution in [1.82, 2.24) is 19.9 Å². The zero-order valence-electron chi connectivity index (χ0n) is 17.0. The first-order valence-corrected chi connectivity index (χ1v) is 10.4.